The lowest BCUT2D eigenvalue weighted by molar-refractivity contribution is -0.137. The van der Waals surface area contributed by atoms with Crippen LogP contribution >= 0.6 is 0 Å². The molecule has 0 aliphatic rings. The number of benzene rings is 3. The van der Waals surface area contributed by atoms with Crippen LogP contribution in [0.25, 0.3) is 0 Å². The highest BCUT2D eigenvalue weighted by molar-refractivity contribution is 5.78. The van der Waals surface area contributed by atoms with Gasteiger partial charge in [0.25, 0.3) is 0 Å². The van der Waals surface area contributed by atoms with Crippen molar-refractivity contribution in [2.75, 3.05) is 0 Å². The molecule has 0 bridgehead atoms. The molecule has 0 spiro atoms. The SMILES string of the molecule is CC(C)c1ccc(CCC(=O)CCc2ccc(C(C)C)cc2)cc1.CC(C)c1ccc(CCC(=O)O)cc1. The summed E-state index contributed by atoms with van der Waals surface area (Å²) >= 11 is 0. The quantitative estimate of drug-likeness (QED) is 0.262. The van der Waals surface area contributed by atoms with Gasteiger partial charge in [-0.25, -0.2) is 0 Å². The summed E-state index contributed by atoms with van der Waals surface area (Å²) in [6, 6.07) is 25.5. The van der Waals surface area contributed by atoms with Gasteiger partial charge in [0.15, 0.2) is 0 Å². The summed E-state index contributed by atoms with van der Waals surface area (Å²) in [7, 11) is 0. The van der Waals surface area contributed by atoms with Crippen molar-refractivity contribution in [3.8, 4) is 0 Å². The van der Waals surface area contributed by atoms with Crippen LogP contribution in [0.15, 0.2) is 72.8 Å². The maximum Gasteiger partial charge on any atom is 0.303 e. The van der Waals surface area contributed by atoms with Gasteiger partial charge in [-0.05, 0) is 70.4 Å². The van der Waals surface area contributed by atoms with E-state index in [2.05, 4.69) is 102 Å². The lowest BCUT2D eigenvalue weighted by atomic mass is 9.97. The van der Waals surface area contributed by atoms with Crippen molar-refractivity contribution in [2.45, 2.75) is 97.8 Å². The van der Waals surface area contributed by atoms with Gasteiger partial charge in [-0.15, -0.1) is 0 Å². The smallest absolute Gasteiger partial charge is 0.303 e. The van der Waals surface area contributed by atoms with Gasteiger partial charge in [-0.2, -0.15) is 0 Å². The molecule has 3 nitrogen and oxygen atoms in total. The Labute approximate surface area is 230 Å². The highest BCUT2D eigenvalue weighted by Crippen LogP contribution is 2.18. The van der Waals surface area contributed by atoms with Crippen LogP contribution in [0, 0.1) is 0 Å². The van der Waals surface area contributed by atoms with Crippen molar-refractivity contribution in [2.24, 2.45) is 0 Å². The molecule has 0 radical (unpaired) electrons. The third-order valence-electron chi connectivity index (χ3n) is 6.95. The van der Waals surface area contributed by atoms with E-state index in [1.54, 1.807) is 0 Å². The third kappa shape index (κ3) is 11.5. The Kier molecular flexibility index (Phi) is 13.0. The summed E-state index contributed by atoms with van der Waals surface area (Å²) in [4.78, 5) is 22.5. The second-order valence-electron chi connectivity index (χ2n) is 11.1. The fourth-order valence-corrected chi connectivity index (χ4v) is 4.15. The van der Waals surface area contributed by atoms with E-state index in [1.165, 1.54) is 27.8 Å². The van der Waals surface area contributed by atoms with Gasteiger partial charge in [0.2, 0.25) is 0 Å². The van der Waals surface area contributed by atoms with Crippen LogP contribution in [0.5, 0.6) is 0 Å². The number of rotatable bonds is 12. The molecule has 0 atom stereocenters. The Morgan fingerprint density at radius 3 is 1.00 bits per heavy atom. The molecule has 3 aromatic carbocycles. The highest BCUT2D eigenvalue weighted by atomic mass is 16.4. The van der Waals surface area contributed by atoms with Crippen LogP contribution in [0.1, 0.15) is 112 Å². The zero-order chi connectivity index (χ0) is 28.1. The molecule has 0 saturated carbocycles. The predicted molar refractivity (Wildman–Crippen MR) is 159 cm³/mol. The van der Waals surface area contributed by atoms with Gasteiger partial charge < -0.3 is 5.11 Å². The number of Topliss-reactive ketones (excluding diaryl/α,β-unsaturated/α-hetero) is 1. The average molecular weight is 515 g/mol. The number of carboxylic acid groups (broad SMARTS) is 1. The first kappa shape index (κ1) is 31.0. The zero-order valence-electron chi connectivity index (χ0n) is 24.2. The molecule has 0 unspecified atom stereocenters. The molecule has 0 heterocycles. The lowest BCUT2D eigenvalue weighted by Gasteiger charge is -2.08. The highest BCUT2D eigenvalue weighted by Gasteiger charge is 2.06. The Morgan fingerprint density at radius 1 is 0.500 bits per heavy atom. The van der Waals surface area contributed by atoms with Gasteiger partial charge in [-0.1, -0.05) is 114 Å². The molecule has 1 N–H and O–H groups in total. The van der Waals surface area contributed by atoms with Crippen LogP contribution in [0.4, 0.5) is 0 Å². The minimum atomic E-state index is -0.738. The van der Waals surface area contributed by atoms with E-state index < -0.39 is 5.97 Å². The Bertz CT molecular complexity index is 1050. The number of aryl methyl sites for hydroxylation is 3. The van der Waals surface area contributed by atoms with Crippen LogP contribution in [-0.2, 0) is 28.9 Å². The van der Waals surface area contributed by atoms with Gasteiger partial charge in [-0.3, -0.25) is 9.59 Å². The Hall–Kier alpha value is -3.20. The molecule has 0 aromatic heterocycles. The van der Waals surface area contributed by atoms with Crippen molar-refractivity contribution in [3.05, 3.63) is 106 Å². The van der Waals surface area contributed by atoms with Crippen LogP contribution in [-0.4, -0.2) is 16.9 Å². The molecular weight excluding hydrogens is 468 g/mol. The summed E-state index contributed by atoms with van der Waals surface area (Å²) < 4.78 is 0. The molecule has 0 fully saturated rings. The number of carbonyl (C=O) groups is 2. The maximum atomic E-state index is 12.1. The summed E-state index contributed by atoms with van der Waals surface area (Å²) in [6.45, 7) is 13.1. The number of ketones is 1. The van der Waals surface area contributed by atoms with Crippen molar-refractivity contribution in [1.29, 1.82) is 0 Å². The number of carboxylic acids is 1. The standard InChI is InChI=1S/C23H30O.C12H16O2/c1-17(2)21-11-5-19(6-12-21)9-15-23(24)16-10-20-7-13-22(14-8-20)18(3)4;1-9(2)11-6-3-10(4-7-11)5-8-12(13)14/h5-8,11-14,17-18H,9-10,15-16H2,1-4H3;3-4,6-7,9H,5,8H2,1-2H3,(H,13,14). The molecule has 204 valence electrons. The van der Waals surface area contributed by atoms with Crippen molar-refractivity contribution >= 4 is 11.8 Å². The van der Waals surface area contributed by atoms with E-state index >= 15 is 0 Å². The molecule has 0 aliphatic carbocycles. The largest absolute Gasteiger partial charge is 0.481 e. The Balaban J connectivity index is 0.000000308. The van der Waals surface area contributed by atoms with Crippen molar-refractivity contribution in [3.63, 3.8) is 0 Å². The normalized spacial score (nSPS) is 11.0. The van der Waals surface area contributed by atoms with E-state index in [0.29, 0.717) is 42.8 Å². The zero-order valence-corrected chi connectivity index (χ0v) is 24.2. The molecule has 3 aromatic rings. The fraction of sp³-hybridized carbons (Fsp3) is 0.429. The molecule has 38 heavy (non-hydrogen) atoms. The maximum absolute atomic E-state index is 12.1. The Morgan fingerprint density at radius 2 is 0.763 bits per heavy atom. The average Bonchev–Trinajstić information content (AvgIpc) is 2.90. The van der Waals surface area contributed by atoms with E-state index in [1.807, 2.05) is 12.1 Å². The number of hydrogen-bond donors (Lipinski definition) is 1. The van der Waals surface area contributed by atoms with Crippen molar-refractivity contribution < 1.29 is 14.7 Å². The summed E-state index contributed by atoms with van der Waals surface area (Å²) in [5, 5.41) is 8.52. The van der Waals surface area contributed by atoms with Gasteiger partial charge in [0.05, 0.1) is 0 Å². The second kappa shape index (κ2) is 15.9. The van der Waals surface area contributed by atoms with Gasteiger partial charge >= 0.3 is 5.97 Å². The van der Waals surface area contributed by atoms with E-state index in [-0.39, 0.29) is 6.42 Å². The lowest BCUT2D eigenvalue weighted by Crippen LogP contribution is -2.02. The number of aliphatic carboxylic acids is 1. The summed E-state index contributed by atoms with van der Waals surface area (Å²) in [5.41, 5.74) is 7.62. The second-order valence-corrected chi connectivity index (χ2v) is 11.1. The molecule has 0 aliphatic heterocycles. The predicted octanol–water partition coefficient (Wildman–Crippen LogP) is 8.90. The monoisotopic (exact) mass is 514 g/mol. The first-order valence-corrected chi connectivity index (χ1v) is 14.0. The number of hydrogen-bond acceptors (Lipinski definition) is 2. The van der Waals surface area contributed by atoms with E-state index in [9.17, 15) is 9.59 Å². The van der Waals surface area contributed by atoms with Gasteiger partial charge in [0, 0.05) is 19.3 Å². The van der Waals surface area contributed by atoms with E-state index in [4.69, 9.17) is 5.11 Å². The molecule has 0 amide bonds. The van der Waals surface area contributed by atoms with E-state index in [0.717, 1.165) is 18.4 Å². The molecular formula is C35H46O3. The first-order chi connectivity index (χ1) is 18.0. The molecule has 3 heteroatoms. The third-order valence-corrected chi connectivity index (χ3v) is 6.95. The number of carbonyl (C=O) groups excluding carboxylic acids is 1. The fourth-order valence-electron chi connectivity index (χ4n) is 4.15. The van der Waals surface area contributed by atoms with Crippen LogP contribution < -0.4 is 0 Å². The van der Waals surface area contributed by atoms with Crippen LogP contribution in [0.3, 0.4) is 0 Å². The van der Waals surface area contributed by atoms with Crippen molar-refractivity contribution in [1.82, 2.24) is 0 Å². The summed E-state index contributed by atoms with van der Waals surface area (Å²) in [6.07, 6.45) is 3.82. The summed E-state index contributed by atoms with van der Waals surface area (Å²) in [5.74, 6) is 1.27. The minimum Gasteiger partial charge on any atom is -0.481 e. The molecule has 0 saturated heterocycles. The van der Waals surface area contributed by atoms with Crippen LogP contribution in [0.2, 0.25) is 0 Å². The topological polar surface area (TPSA) is 54.4 Å². The van der Waals surface area contributed by atoms with Gasteiger partial charge in [0.1, 0.15) is 5.78 Å². The molecule has 3 rings (SSSR count). The first-order valence-electron chi connectivity index (χ1n) is 14.0. The minimum absolute atomic E-state index is 0.209.